The predicted octanol–water partition coefficient (Wildman–Crippen LogP) is 4.22. The third-order valence-electron chi connectivity index (χ3n) is 2.57. The van der Waals surface area contributed by atoms with E-state index < -0.39 is 4.92 Å². The number of hydrogen-bond acceptors (Lipinski definition) is 4. The molecule has 0 aliphatic heterocycles. The minimum absolute atomic E-state index is 0.0696. The van der Waals surface area contributed by atoms with Crippen LogP contribution in [0.2, 0.25) is 5.02 Å². The van der Waals surface area contributed by atoms with Crippen molar-refractivity contribution in [2.75, 3.05) is 5.75 Å². The third-order valence-corrected chi connectivity index (χ3v) is 3.87. The van der Waals surface area contributed by atoms with Crippen LogP contribution in [-0.2, 0) is 0 Å². The van der Waals surface area contributed by atoms with Crippen LogP contribution in [0.15, 0.2) is 53.4 Å². The maximum absolute atomic E-state index is 11.9. The molecule has 6 heteroatoms. The number of halogens is 1. The Balaban J connectivity index is 2.12. The van der Waals surface area contributed by atoms with E-state index in [-0.39, 0.29) is 17.2 Å². The number of benzene rings is 2. The maximum Gasteiger partial charge on any atom is 0.284 e. The molecule has 2 aromatic rings. The standard InChI is InChI=1S/C14H10ClNO3S/c15-11-6-7-14(12(8-11)16(18)19)20-9-13(17)10-4-2-1-3-5-10/h1-8H,9H2. The average Bonchev–Trinajstić information content (AvgIpc) is 2.46. The molecule has 0 aromatic heterocycles. The Morgan fingerprint density at radius 2 is 1.90 bits per heavy atom. The summed E-state index contributed by atoms with van der Waals surface area (Å²) in [5.74, 6) is 0.0757. The Morgan fingerprint density at radius 1 is 1.20 bits per heavy atom. The molecule has 0 aliphatic rings. The highest BCUT2D eigenvalue weighted by atomic mass is 35.5. The van der Waals surface area contributed by atoms with Crippen LogP contribution in [0.4, 0.5) is 5.69 Å². The molecule has 0 unspecified atom stereocenters. The van der Waals surface area contributed by atoms with Crippen LogP contribution in [0.25, 0.3) is 0 Å². The van der Waals surface area contributed by atoms with Gasteiger partial charge in [-0.05, 0) is 12.1 Å². The molecule has 0 fully saturated rings. The quantitative estimate of drug-likeness (QED) is 0.359. The van der Waals surface area contributed by atoms with Gasteiger partial charge in [-0.15, -0.1) is 11.8 Å². The second kappa shape index (κ2) is 6.54. The monoisotopic (exact) mass is 307 g/mol. The predicted molar refractivity (Wildman–Crippen MR) is 79.6 cm³/mol. The number of carbonyl (C=O) groups excluding carboxylic acids is 1. The molecule has 0 spiro atoms. The van der Waals surface area contributed by atoms with Gasteiger partial charge in [-0.3, -0.25) is 14.9 Å². The van der Waals surface area contributed by atoms with Crippen LogP contribution in [0, 0.1) is 10.1 Å². The third kappa shape index (κ3) is 3.59. The molecule has 2 aromatic carbocycles. The maximum atomic E-state index is 11.9. The van der Waals surface area contributed by atoms with E-state index in [0.717, 1.165) is 11.8 Å². The number of Topliss-reactive ketones (excluding diaryl/α,β-unsaturated/α-hetero) is 1. The average molecular weight is 308 g/mol. The van der Waals surface area contributed by atoms with Gasteiger partial charge >= 0.3 is 0 Å². The topological polar surface area (TPSA) is 60.2 Å². The lowest BCUT2D eigenvalue weighted by Gasteiger charge is -2.03. The minimum atomic E-state index is -0.499. The fourth-order valence-electron chi connectivity index (χ4n) is 1.61. The highest BCUT2D eigenvalue weighted by molar-refractivity contribution is 8.00. The summed E-state index contributed by atoms with van der Waals surface area (Å²) in [4.78, 5) is 22.8. The van der Waals surface area contributed by atoms with Crippen molar-refractivity contribution in [1.82, 2.24) is 0 Å². The number of carbonyl (C=O) groups is 1. The summed E-state index contributed by atoms with van der Waals surface area (Å²) in [6, 6.07) is 13.3. The number of ketones is 1. The minimum Gasteiger partial charge on any atom is -0.293 e. The summed E-state index contributed by atoms with van der Waals surface area (Å²) in [7, 11) is 0. The smallest absolute Gasteiger partial charge is 0.284 e. The van der Waals surface area contributed by atoms with Gasteiger partial charge in [-0.25, -0.2) is 0 Å². The Labute approximate surface area is 124 Å². The summed E-state index contributed by atoms with van der Waals surface area (Å²) in [6.45, 7) is 0. The van der Waals surface area contributed by atoms with Crippen LogP contribution in [0.5, 0.6) is 0 Å². The molecule has 0 saturated carbocycles. The Morgan fingerprint density at radius 3 is 2.55 bits per heavy atom. The van der Waals surface area contributed by atoms with E-state index >= 15 is 0 Å². The molecular formula is C14H10ClNO3S. The molecule has 4 nitrogen and oxygen atoms in total. The second-order valence-electron chi connectivity index (χ2n) is 3.95. The zero-order valence-electron chi connectivity index (χ0n) is 10.3. The van der Waals surface area contributed by atoms with Crippen LogP contribution >= 0.6 is 23.4 Å². The van der Waals surface area contributed by atoms with Gasteiger partial charge in [0.2, 0.25) is 0 Å². The molecule has 0 bridgehead atoms. The zero-order valence-corrected chi connectivity index (χ0v) is 11.9. The van der Waals surface area contributed by atoms with Gasteiger partial charge in [0.1, 0.15) is 0 Å². The van der Waals surface area contributed by atoms with Crippen LogP contribution in [0.3, 0.4) is 0 Å². The summed E-state index contributed by atoms with van der Waals surface area (Å²) in [5, 5.41) is 11.2. The van der Waals surface area contributed by atoms with E-state index in [1.54, 1.807) is 36.4 Å². The van der Waals surface area contributed by atoms with E-state index in [4.69, 9.17) is 11.6 Å². The summed E-state index contributed by atoms with van der Waals surface area (Å²) in [5.41, 5.74) is 0.514. The highest BCUT2D eigenvalue weighted by Crippen LogP contribution is 2.31. The van der Waals surface area contributed by atoms with Gasteiger partial charge in [-0.1, -0.05) is 41.9 Å². The first-order valence-corrected chi connectivity index (χ1v) is 7.09. The van der Waals surface area contributed by atoms with Crippen molar-refractivity contribution in [2.24, 2.45) is 0 Å². The van der Waals surface area contributed by atoms with Crippen molar-refractivity contribution in [2.45, 2.75) is 4.90 Å². The van der Waals surface area contributed by atoms with Gasteiger partial charge in [0, 0.05) is 16.7 Å². The lowest BCUT2D eigenvalue weighted by atomic mass is 10.2. The Bertz CT molecular complexity index is 646. The molecule has 0 radical (unpaired) electrons. The fraction of sp³-hybridized carbons (Fsp3) is 0.0714. The van der Waals surface area contributed by atoms with E-state index in [2.05, 4.69) is 0 Å². The van der Waals surface area contributed by atoms with Gasteiger partial charge in [0.05, 0.1) is 15.6 Å². The summed E-state index contributed by atoms with van der Waals surface area (Å²) < 4.78 is 0. The summed E-state index contributed by atoms with van der Waals surface area (Å²) in [6.07, 6.45) is 0. The van der Waals surface area contributed by atoms with E-state index in [9.17, 15) is 14.9 Å². The van der Waals surface area contributed by atoms with Crippen molar-refractivity contribution in [3.05, 3.63) is 69.2 Å². The lowest BCUT2D eigenvalue weighted by molar-refractivity contribution is -0.387. The van der Waals surface area contributed by atoms with E-state index in [1.807, 2.05) is 6.07 Å². The number of nitrogens with zero attached hydrogens (tertiary/aromatic N) is 1. The molecule has 0 aliphatic carbocycles. The van der Waals surface area contributed by atoms with Gasteiger partial charge < -0.3 is 0 Å². The molecule has 0 saturated heterocycles. The van der Waals surface area contributed by atoms with Crippen molar-refractivity contribution >= 4 is 34.8 Å². The molecule has 0 amide bonds. The molecule has 0 N–H and O–H groups in total. The lowest BCUT2D eigenvalue weighted by Crippen LogP contribution is -2.02. The Kier molecular flexibility index (Phi) is 4.76. The molecule has 0 atom stereocenters. The first-order chi connectivity index (χ1) is 9.58. The van der Waals surface area contributed by atoms with Gasteiger partial charge in [0.15, 0.2) is 5.78 Å². The molecule has 20 heavy (non-hydrogen) atoms. The van der Waals surface area contributed by atoms with Crippen LogP contribution < -0.4 is 0 Å². The van der Waals surface area contributed by atoms with Crippen molar-refractivity contribution in [1.29, 1.82) is 0 Å². The van der Waals surface area contributed by atoms with Crippen molar-refractivity contribution in [3.8, 4) is 0 Å². The van der Waals surface area contributed by atoms with Gasteiger partial charge in [-0.2, -0.15) is 0 Å². The number of nitro benzene ring substituents is 1. The van der Waals surface area contributed by atoms with E-state index in [0.29, 0.717) is 15.5 Å². The second-order valence-corrected chi connectivity index (χ2v) is 5.40. The largest absolute Gasteiger partial charge is 0.293 e. The molecular weight excluding hydrogens is 298 g/mol. The summed E-state index contributed by atoms with van der Waals surface area (Å²) >= 11 is 6.88. The van der Waals surface area contributed by atoms with Gasteiger partial charge in [0.25, 0.3) is 5.69 Å². The van der Waals surface area contributed by atoms with Crippen molar-refractivity contribution < 1.29 is 9.72 Å². The molecule has 0 heterocycles. The van der Waals surface area contributed by atoms with E-state index in [1.165, 1.54) is 6.07 Å². The van der Waals surface area contributed by atoms with Crippen molar-refractivity contribution in [3.63, 3.8) is 0 Å². The number of nitro groups is 1. The normalized spacial score (nSPS) is 10.2. The zero-order chi connectivity index (χ0) is 14.5. The first kappa shape index (κ1) is 14.6. The van der Waals surface area contributed by atoms with Crippen LogP contribution in [0.1, 0.15) is 10.4 Å². The molecule has 2 rings (SSSR count). The fourth-order valence-corrected chi connectivity index (χ4v) is 2.67. The first-order valence-electron chi connectivity index (χ1n) is 5.73. The number of hydrogen-bond donors (Lipinski definition) is 0. The Hall–Kier alpha value is -1.85. The van der Waals surface area contributed by atoms with Crippen LogP contribution in [-0.4, -0.2) is 16.5 Å². The molecule has 102 valence electrons. The number of rotatable bonds is 5. The number of thioether (sulfide) groups is 1. The highest BCUT2D eigenvalue weighted by Gasteiger charge is 2.16. The SMILES string of the molecule is O=C(CSc1ccc(Cl)cc1[N+](=O)[O-])c1ccccc1.